The summed E-state index contributed by atoms with van der Waals surface area (Å²) in [6.07, 6.45) is 0.359. The van der Waals surface area contributed by atoms with Crippen molar-refractivity contribution < 1.29 is 9.32 Å². The number of nitrogens with one attached hydrogen (secondary N) is 1. The highest BCUT2D eigenvalue weighted by molar-refractivity contribution is 6.30. The lowest BCUT2D eigenvalue weighted by Gasteiger charge is -2.16. The molecule has 1 amide bonds. The van der Waals surface area contributed by atoms with Gasteiger partial charge in [-0.25, -0.2) is 0 Å². The summed E-state index contributed by atoms with van der Waals surface area (Å²) in [6.45, 7) is 1.06. The molecular weight excluding hydrogens is 402 g/mol. The number of aromatic nitrogens is 4. The lowest BCUT2D eigenvalue weighted by molar-refractivity contribution is -0.128. The zero-order valence-corrected chi connectivity index (χ0v) is 16.7. The average Bonchev–Trinajstić information content (AvgIpc) is 3.49. The quantitative estimate of drug-likeness (QED) is 0.521. The van der Waals surface area contributed by atoms with Crippen molar-refractivity contribution in [2.24, 2.45) is 0 Å². The molecule has 30 heavy (non-hydrogen) atoms. The number of amides is 1. The number of aromatic amines is 1. The van der Waals surface area contributed by atoms with Crippen LogP contribution < -0.4 is 0 Å². The van der Waals surface area contributed by atoms with Crippen LogP contribution in [0.25, 0.3) is 22.8 Å². The number of hydrogen-bond donors (Lipinski definition) is 1. The molecule has 1 aliphatic heterocycles. The Bertz CT molecular complexity index is 1190. The molecule has 1 N–H and O–H groups in total. The molecule has 1 atom stereocenters. The van der Waals surface area contributed by atoms with Crippen LogP contribution in [0, 0.1) is 0 Å². The maximum Gasteiger partial charge on any atom is 0.275 e. The Balaban J connectivity index is 1.30. The molecule has 2 aromatic heterocycles. The van der Waals surface area contributed by atoms with E-state index in [1.807, 2.05) is 60.7 Å². The molecule has 2 aromatic carbocycles. The number of nitrogens with zero attached hydrogens (tertiary/aromatic N) is 4. The van der Waals surface area contributed by atoms with E-state index < -0.39 is 0 Å². The van der Waals surface area contributed by atoms with Crippen molar-refractivity contribution in [3.05, 3.63) is 77.1 Å². The van der Waals surface area contributed by atoms with Crippen molar-refractivity contribution in [2.75, 3.05) is 6.54 Å². The molecule has 1 saturated heterocycles. The zero-order valence-electron chi connectivity index (χ0n) is 16.0. The normalized spacial score (nSPS) is 16.4. The van der Waals surface area contributed by atoms with Gasteiger partial charge in [0.2, 0.25) is 5.91 Å². The molecule has 7 nitrogen and oxygen atoms in total. The highest BCUT2D eigenvalue weighted by atomic mass is 35.5. The van der Waals surface area contributed by atoms with Gasteiger partial charge in [-0.05, 0) is 23.8 Å². The monoisotopic (exact) mass is 419 g/mol. The van der Waals surface area contributed by atoms with Crippen LogP contribution in [0.5, 0.6) is 0 Å². The minimum absolute atomic E-state index is 0.0687. The summed E-state index contributed by atoms with van der Waals surface area (Å²) >= 11 is 6.05. The van der Waals surface area contributed by atoms with E-state index in [1.165, 1.54) is 0 Å². The lowest BCUT2D eigenvalue weighted by Crippen LogP contribution is -2.24. The van der Waals surface area contributed by atoms with Crippen molar-refractivity contribution >= 4 is 17.5 Å². The third kappa shape index (κ3) is 3.71. The van der Waals surface area contributed by atoms with Crippen molar-refractivity contribution in [2.45, 2.75) is 18.9 Å². The van der Waals surface area contributed by atoms with Crippen LogP contribution in [0.4, 0.5) is 0 Å². The first kappa shape index (κ1) is 18.6. The third-order valence-electron chi connectivity index (χ3n) is 5.16. The van der Waals surface area contributed by atoms with Crippen LogP contribution in [0.1, 0.15) is 23.7 Å². The summed E-state index contributed by atoms with van der Waals surface area (Å²) in [5, 5.41) is 12.0. The second-order valence-corrected chi connectivity index (χ2v) is 7.73. The molecule has 0 aliphatic carbocycles. The van der Waals surface area contributed by atoms with E-state index in [4.69, 9.17) is 16.1 Å². The number of rotatable bonds is 5. The fraction of sp³-hybridized carbons (Fsp3) is 0.182. The van der Waals surface area contributed by atoms with Gasteiger partial charge in [0.25, 0.3) is 5.89 Å². The zero-order chi connectivity index (χ0) is 20.5. The summed E-state index contributed by atoms with van der Waals surface area (Å²) in [5.74, 6) is 0.855. The Morgan fingerprint density at radius 1 is 1.13 bits per heavy atom. The van der Waals surface area contributed by atoms with Crippen molar-refractivity contribution in [3.63, 3.8) is 0 Å². The third-order valence-corrected chi connectivity index (χ3v) is 5.40. The average molecular weight is 420 g/mol. The SMILES string of the molecule is O=C1CC(c2noc(-c3cc(-c4ccccc4)n[nH]3)n2)CN1Cc1cccc(Cl)c1. The van der Waals surface area contributed by atoms with Crippen LogP contribution in [-0.2, 0) is 11.3 Å². The predicted molar refractivity (Wildman–Crippen MR) is 112 cm³/mol. The maximum atomic E-state index is 12.5. The van der Waals surface area contributed by atoms with Gasteiger partial charge >= 0.3 is 0 Å². The summed E-state index contributed by atoms with van der Waals surface area (Å²) in [5.41, 5.74) is 3.44. The number of carbonyl (C=O) groups excluding carboxylic acids is 1. The number of likely N-dealkylation sites (tertiary alicyclic amines) is 1. The fourth-order valence-electron chi connectivity index (χ4n) is 3.65. The van der Waals surface area contributed by atoms with Gasteiger partial charge in [0.15, 0.2) is 5.82 Å². The molecule has 8 heteroatoms. The van der Waals surface area contributed by atoms with E-state index in [0.717, 1.165) is 16.8 Å². The van der Waals surface area contributed by atoms with Gasteiger partial charge in [0.05, 0.1) is 5.69 Å². The number of benzene rings is 2. The highest BCUT2D eigenvalue weighted by Crippen LogP contribution is 2.30. The first-order chi connectivity index (χ1) is 14.7. The van der Waals surface area contributed by atoms with Crippen LogP contribution in [-0.4, -0.2) is 37.7 Å². The van der Waals surface area contributed by atoms with E-state index in [1.54, 1.807) is 4.90 Å². The van der Waals surface area contributed by atoms with Gasteiger partial charge in [-0.1, -0.05) is 59.2 Å². The van der Waals surface area contributed by atoms with E-state index in [2.05, 4.69) is 20.3 Å². The standard InChI is InChI=1S/C22H18ClN5O2/c23-17-8-4-5-14(9-17)12-28-13-16(10-20(28)29)21-24-22(30-27-21)19-11-18(25-26-19)15-6-2-1-3-7-15/h1-9,11,16H,10,12-13H2,(H,25,26). The van der Waals surface area contributed by atoms with Crippen LogP contribution in [0.15, 0.2) is 65.2 Å². The van der Waals surface area contributed by atoms with Gasteiger partial charge in [0.1, 0.15) is 5.69 Å². The molecule has 1 aliphatic rings. The highest BCUT2D eigenvalue weighted by Gasteiger charge is 2.34. The molecule has 4 aromatic rings. The van der Waals surface area contributed by atoms with Crippen LogP contribution in [0.2, 0.25) is 5.02 Å². The van der Waals surface area contributed by atoms with E-state index in [-0.39, 0.29) is 11.8 Å². The summed E-state index contributed by atoms with van der Waals surface area (Å²) in [7, 11) is 0. The molecule has 0 spiro atoms. The van der Waals surface area contributed by atoms with E-state index in [0.29, 0.717) is 41.9 Å². The number of H-pyrrole nitrogens is 1. The Morgan fingerprint density at radius 3 is 2.83 bits per heavy atom. The minimum Gasteiger partial charge on any atom is -0.338 e. The van der Waals surface area contributed by atoms with Gasteiger partial charge in [-0.15, -0.1) is 0 Å². The molecule has 0 bridgehead atoms. The molecule has 0 radical (unpaired) electrons. The van der Waals surface area contributed by atoms with Gasteiger partial charge < -0.3 is 9.42 Å². The topological polar surface area (TPSA) is 87.9 Å². The van der Waals surface area contributed by atoms with Crippen LogP contribution >= 0.6 is 11.6 Å². The molecule has 1 fully saturated rings. The van der Waals surface area contributed by atoms with Crippen molar-refractivity contribution in [1.29, 1.82) is 0 Å². The molecular formula is C22H18ClN5O2. The van der Waals surface area contributed by atoms with E-state index >= 15 is 0 Å². The summed E-state index contributed by atoms with van der Waals surface area (Å²) in [4.78, 5) is 18.8. The lowest BCUT2D eigenvalue weighted by atomic mass is 10.1. The van der Waals surface area contributed by atoms with Gasteiger partial charge in [-0.2, -0.15) is 10.1 Å². The summed E-state index contributed by atoms with van der Waals surface area (Å²) in [6, 6.07) is 19.3. The molecule has 5 rings (SSSR count). The molecule has 1 unspecified atom stereocenters. The van der Waals surface area contributed by atoms with Crippen molar-refractivity contribution in [1.82, 2.24) is 25.2 Å². The largest absolute Gasteiger partial charge is 0.338 e. The fourth-order valence-corrected chi connectivity index (χ4v) is 3.86. The molecule has 3 heterocycles. The maximum absolute atomic E-state index is 12.5. The van der Waals surface area contributed by atoms with E-state index in [9.17, 15) is 4.79 Å². The Hall–Kier alpha value is -3.45. The Kier molecular flexibility index (Phi) is 4.80. The second kappa shape index (κ2) is 7.76. The number of halogens is 1. The Morgan fingerprint density at radius 2 is 2.00 bits per heavy atom. The predicted octanol–water partition coefficient (Wildman–Crippen LogP) is 4.30. The van der Waals surface area contributed by atoms with Gasteiger partial charge in [0, 0.05) is 36.0 Å². The smallest absolute Gasteiger partial charge is 0.275 e. The summed E-state index contributed by atoms with van der Waals surface area (Å²) < 4.78 is 5.44. The Labute approximate surface area is 177 Å². The minimum atomic E-state index is -0.106. The number of hydrogen-bond acceptors (Lipinski definition) is 5. The van der Waals surface area contributed by atoms with Gasteiger partial charge in [-0.3, -0.25) is 9.89 Å². The molecule has 0 saturated carbocycles. The first-order valence-electron chi connectivity index (χ1n) is 9.63. The molecule has 150 valence electrons. The van der Waals surface area contributed by atoms with Crippen LogP contribution in [0.3, 0.4) is 0 Å². The van der Waals surface area contributed by atoms with Crippen molar-refractivity contribution in [3.8, 4) is 22.8 Å². The second-order valence-electron chi connectivity index (χ2n) is 7.30. The number of carbonyl (C=O) groups is 1. The first-order valence-corrected chi connectivity index (χ1v) is 10.0.